The fraction of sp³-hybridized carbons (Fsp3) is 1.00. The van der Waals surface area contributed by atoms with Crippen molar-refractivity contribution < 1.29 is 25.2 Å². The first-order chi connectivity index (χ1) is 10.6. The Hall–Kier alpha value is 0.150. The third-order valence-electron chi connectivity index (χ3n) is 4.13. The maximum absolute atomic E-state index is 9.91. The van der Waals surface area contributed by atoms with Gasteiger partial charge in [0.25, 0.3) is 0 Å². The zero-order chi connectivity index (χ0) is 16.4. The highest BCUT2D eigenvalue weighted by molar-refractivity contribution is 7.99. The van der Waals surface area contributed by atoms with E-state index in [1.54, 1.807) is 0 Å². The second-order valence-electron chi connectivity index (χ2n) is 6.04. The van der Waals surface area contributed by atoms with E-state index in [1.165, 1.54) is 50.3 Å². The van der Waals surface area contributed by atoms with Crippen molar-refractivity contribution in [2.75, 3.05) is 12.4 Å². The van der Waals surface area contributed by atoms with Crippen molar-refractivity contribution in [2.45, 2.75) is 88.1 Å². The van der Waals surface area contributed by atoms with Crippen LogP contribution in [0, 0.1) is 0 Å². The van der Waals surface area contributed by atoms with Gasteiger partial charge >= 0.3 is 0 Å². The fourth-order valence-electron chi connectivity index (χ4n) is 2.64. The lowest BCUT2D eigenvalue weighted by molar-refractivity contribution is -0.205. The Balaban J connectivity index is 2.11. The van der Waals surface area contributed by atoms with Gasteiger partial charge in [-0.15, -0.1) is 11.8 Å². The van der Waals surface area contributed by atoms with Crippen molar-refractivity contribution in [1.29, 1.82) is 0 Å². The molecule has 0 spiro atoms. The summed E-state index contributed by atoms with van der Waals surface area (Å²) in [5.41, 5.74) is -0.583. The molecule has 4 N–H and O–H groups in total. The van der Waals surface area contributed by atoms with Gasteiger partial charge in [-0.2, -0.15) is 0 Å². The molecule has 6 heteroatoms. The van der Waals surface area contributed by atoms with Gasteiger partial charge in [-0.3, -0.25) is 0 Å². The van der Waals surface area contributed by atoms with E-state index in [1.807, 2.05) is 0 Å². The first-order valence-corrected chi connectivity index (χ1v) is 9.58. The third kappa shape index (κ3) is 6.72. The summed E-state index contributed by atoms with van der Waals surface area (Å²) in [7, 11) is 0. The summed E-state index contributed by atoms with van der Waals surface area (Å²) in [6.45, 7) is 1.86. The van der Waals surface area contributed by atoms with Gasteiger partial charge in [0.1, 0.15) is 29.9 Å². The topological polar surface area (TPSA) is 90.2 Å². The molecule has 5 nitrogen and oxygen atoms in total. The molecule has 0 radical (unpaired) electrons. The second-order valence-corrected chi connectivity index (χ2v) is 7.25. The molecule has 0 bridgehead atoms. The molecular formula is C16H32O5S. The monoisotopic (exact) mass is 336 g/mol. The van der Waals surface area contributed by atoms with E-state index in [9.17, 15) is 15.3 Å². The van der Waals surface area contributed by atoms with Crippen LogP contribution in [0.3, 0.4) is 0 Å². The Kier molecular flexibility index (Phi) is 10.7. The molecule has 0 saturated carbocycles. The number of unbranched alkanes of at least 4 members (excludes halogenated alkanes) is 7. The summed E-state index contributed by atoms with van der Waals surface area (Å²) >= 11 is 1.45. The molecule has 1 rings (SSSR count). The van der Waals surface area contributed by atoms with E-state index in [-0.39, 0.29) is 6.61 Å². The summed E-state index contributed by atoms with van der Waals surface area (Å²) in [6, 6.07) is 0. The van der Waals surface area contributed by atoms with Gasteiger partial charge in [0, 0.05) is 0 Å². The Bertz CT molecular complexity index is 277. The lowest BCUT2D eigenvalue weighted by Gasteiger charge is -2.39. The Morgan fingerprint density at radius 2 is 1.41 bits per heavy atom. The van der Waals surface area contributed by atoms with Crippen LogP contribution in [0.15, 0.2) is 0 Å². The average Bonchev–Trinajstić information content (AvgIpc) is 2.53. The lowest BCUT2D eigenvalue weighted by Crippen LogP contribution is -2.57. The van der Waals surface area contributed by atoms with Crippen molar-refractivity contribution in [2.24, 2.45) is 0 Å². The summed E-state index contributed by atoms with van der Waals surface area (Å²) < 4.78 is 5.46. The first-order valence-electron chi connectivity index (χ1n) is 8.54. The van der Waals surface area contributed by atoms with Crippen molar-refractivity contribution in [3.63, 3.8) is 0 Å². The van der Waals surface area contributed by atoms with E-state index < -0.39 is 29.9 Å². The van der Waals surface area contributed by atoms with Crippen LogP contribution in [-0.4, -0.2) is 62.6 Å². The molecular weight excluding hydrogens is 304 g/mol. The highest BCUT2D eigenvalue weighted by Gasteiger charge is 2.43. The zero-order valence-electron chi connectivity index (χ0n) is 13.6. The Morgan fingerprint density at radius 3 is 2.00 bits per heavy atom. The third-order valence-corrected chi connectivity index (χ3v) is 5.37. The Labute approximate surface area is 138 Å². The van der Waals surface area contributed by atoms with E-state index in [0.717, 1.165) is 18.6 Å². The maximum Gasteiger partial charge on any atom is 0.132 e. The predicted molar refractivity (Wildman–Crippen MR) is 88.8 cm³/mol. The molecule has 22 heavy (non-hydrogen) atoms. The van der Waals surface area contributed by atoms with Crippen LogP contribution < -0.4 is 0 Å². The summed E-state index contributed by atoms with van der Waals surface area (Å²) in [5.74, 6) is 0.845. The van der Waals surface area contributed by atoms with Crippen LogP contribution in [0.25, 0.3) is 0 Å². The van der Waals surface area contributed by atoms with Crippen molar-refractivity contribution in [1.82, 2.24) is 0 Å². The average molecular weight is 336 g/mol. The van der Waals surface area contributed by atoms with Crippen LogP contribution >= 0.6 is 11.8 Å². The van der Waals surface area contributed by atoms with Crippen molar-refractivity contribution >= 4 is 11.8 Å². The summed E-state index contributed by atoms with van der Waals surface area (Å²) in [4.78, 5) is 0. The molecule has 0 aromatic rings. The van der Waals surface area contributed by atoms with Gasteiger partial charge < -0.3 is 25.2 Å². The van der Waals surface area contributed by atoms with Crippen LogP contribution in [0.2, 0.25) is 0 Å². The normalized spacial score (nSPS) is 32.3. The van der Waals surface area contributed by atoms with Gasteiger partial charge in [0.05, 0.1) is 6.61 Å². The number of hydrogen-bond donors (Lipinski definition) is 4. The summed E-state index contributed by atoms with van der Waals surface area (Å²) in [5, 5.41) is 38.4. The summed E-state index contributed by atoms with van der Waals surface area (Å²) in [6.07, 6.45) is 5.54. The molecule has 1 aliphatic rings. The van der Waals surface area contributed by atoms with Crippen molar-refractivity contribution in [3.05, 3.63) is 0 Å². The molecule has 132 valence electrons. The SMILES string of the molecule is CCCCCCCCCCS[C@H]1O[C@H](CO)[C@@H](O)[C@H](O)[C@H]1O. The van der Waals surface area contributed by atoms with Crippen LogP contribution in [-0.2, 0) is 4.74 Å². The molecule has 0 aromatic heterocycles. The van der Waals surface area contributed by atoms with E-state index >= 15 is 0 Å². The highest BCUT2D eigenvalue weighted by Crippen LogP contribution is 2.29. The largest absolute Gasteiger partial charge is 0.394 e. The van der Waals surface area contributed by atoms with E-state index in [2.05, 4.69) is 6.92 Å². The number of ether oxygens (including phenoxy) is 1. The standard InChI is InChI=1S/C16H32O5S/c1-2-3-4-5-6-7-8-9-10-22-16-15(20)14(19)13(18)12(11-17)21-16/h12-20H,2-11H2,1H3/t12-,13-,14+,15-,16-/m1/s1. The van der Waals surface area contributed by atoms with Crippen LogP contribution in [0.5, 0.6) is 0 Å². The van der Waals surface area contributed by atoms with Gasteiger partial charge in [0.2, 0.25) is 0 Å². The Morgan fingerprint density at radius 1 is 0.818 bits per heavy atom. The molecule has 0 amide bonds. The molecule has 5 atom stereocenters. The molecule has 1 saturated heterocycles. The molecule has 1 aliphatic heterocycles. The molecule has 0 unspecified atom stereocenters. The highest BCUT2D eigenvalue weighted by atomic mass is 32.2. The van der Waals surface area contributed by atoms with Crippen molar-refractivity contribution in [3.8, 4) is 0 Å². The van der Waals surface area contributed by atoms with Crippen LogP contribution in [0.1, 0.15) is 58.3 Å². The van der Waals surface area contributed by atoms with Gasteiger partial charge in [-0.25, -0.2) is 0 Å². The first kappa shape index (κ1) is 20.2. The van der Waals surface area contributed by atoms with E-state index in [0.29, 0.717) is 0 Å². The minimum absolute atomic E-state index is 0.361. The fourth-order valence-corrected chi connectivity index (χ4v) is 3.82. The molecule has 1 fully saturated rings. The molecule has 0 aromatic carbocycles. The number of aliphatic hydroxyl groups is 4. The lowest BCUT2D eigenvalue weighted by atomic mass is 10.0. The number of hydrogen-bond acceptors (Lipinski definition) is 6. The minimum atomic E-state index is -1.26. The zero-order valence-corrected chi connectivity index (χ0v) is 14.4. The van der Waals surface area contributed by atoms with E-state index in [4.69, 9.17) is 9.84 Å². The van der Waals surface area contributed by atoms with Gasteiger partial charge in [-0.1, -0.05) is 51.9 Å². The molecule has 0 aliphatic carbocycles. The minimum Gasteiger partial charge on any atom is -0.394 e. The number of rotatable bonds is 11. The van der Waals surface area contributed by atoms with Crippen LogP contribution in [0.4, 0.5) is 0 Å². The van der Waals surface area contributed by atoms with Gasteiger partial charge in [-0.05, 0) is 12.2 Å². The second kappa shape index (κ2) is 11.6. The quantitative estimate of drug-likeness (QED) is 0.429. The maximum atomic E-state index is 9.91. The number of aliphatic hydroxyl groups excluding tert-OH is 4. The number of thioether (sulfide) groups is 1. The molecule has 1 heterocycles. The van der Waals surface area contributed by atoms with Gasteiger partial charge in [0.15, 0.2) is 0 Å². The predicted octanol–water partition coefficient (Wildman–Crippen LogP) is 1.66. The smallest absolute Gasteiger partial charge is 0.132 e.